The van der Waals surface area contributed by atoms with Crippen molar-refractivity contribution >= 4 is 5.91 Å². The van der Waals surface area contributed by atoms with Crippen LogP contribution in [0.1, 0.15) is 30.0 Å². The molecule has 0 radical (unpaired) electrons. The number of hydrogen-bond donors (Lipinski definition) is 1. The molecule has 1 N–H and O–H groups in total. The molecule has 0 aliphatic carbocycles. The van der Waals surface area contributed by atoms with Crippen LogP contribution in [0.5, 0.6) is 0 Å². The lowest BCUT2D eigenvalue weighted by Crippen LogP contribution is -2.32. The second-order valence-corrected chi connectivity index (χ2v) is 6.29. The van der Waals surface area contributed by atoms with E-state index in [1.54, 1.807) is 17.0 Å². The Bertz CT molecular complexity index is 690. The maximum absolute atomic E-state index is 13.1. The van der Waals surface area contributed by atoms with Crippen molar-refractivity contribution in [1.82, 2.24) is 4.90 Å². The van der Waals surface area contributed by atoms with E-state index in [1.165, 1.54) is 12.1 Å². The van der Waals surface area contributed by atoms with Crippen molar-refractivity contribution in [3.8, 4) is 0 Å². The average molecular weight is 343 g/mol. The van der Waals surface area contributed by atoms with Gasteiger partial charge in [-0.3, -0.25) is 4.79 Å². The average Bonchev–Trinajstić information content (AvgIpc) is 3.02. The molecule has 25 heavy (non-hydrogen) atoms. The van der Waals surface area contributed by atoms with Gasteiger partial charge in [-0.2, -0.15) is 0 Å². The molecule has 0 unspecified atom stereocenters. The minimum atomic E-state index is -0.552. The van der Waals surface area contributed by atoms with E-state index in [0.29, 0.717) is 26.2 Å². The normalized spacial score (nSPS) is 20.0. The van der Waals surface area contributed by atoms with Gasteiger partial charge in [0.15, 0.2) is 0 Å². The molecule has 1 amide bonds. The van der Waals surface area contributed by atoms with Crippen molar-refractivity contribution in [2.24, 2.45) is 0 Å². The van der Waals surface area contributed by atoms with Crippen LogP contribution in [0.15, 0.2) is 54.6 Å². The van der Waals surface area contributed by atoms with Crippen molar-refractivity contribution in [2.75, 3.05) is 13.2 Å². The van der Waals surface area contributed by atoms with Crippen LogP contribution in [0, 0.1) is 5.82 Å². The van der Waals surface area contributed by atoms with Crippen molar-refractivity contribution < 1.29 is 19.0 Å². The Balaban J connectivity index is 1.53. The molecule has 132 valence electrons. The van der Waals surface area contributed by atoms with Gasteiger partial charge in [0.2, 0.25) is 5.91 Å². The summed E-state index contributed by atoms with van der Waals surface area (Å²) in [6, 6.07) is 15.7. The summed E-state index contributed by atoms with van der Waals surface area (Å²) in [6.45, 7) is 1.11. The molecular formula is C20H22FNO3. The Morgan fingerprint density at radius 1 is 1.16 bits per heavy atom. The van der Waals surface area contributed by atoms with Gasteiger partial charge in [0.05, 0.1) is 31.8 Å². The van der Waals surface area contributed by atoms with Crippen molar-refractivity contribution in [3.63, 3.8) is 0 Å². The number of carbonyl (C=O) groups excluding carboxylic acids is 1. The molecule has 1 heterocycles. The van der Waals surface area contributed by atoms with Crippen LogP contribution in [0.4, 0.5) is 4.39 Å². The van der Waals surface area contributed by atoms with Gasteiger partial charge in [0, 0.05) is 6.54 Å². The van der Waals surface area contributed by atoms with Crippen LogP contribution in [0.2, 0.25) is 0 Å². The molecule has 0 aromatic heterocycles. The monoisotopic (exact) mass is 343 g/mol. The van der Waals surface area contributed by atoms with E-state index in [4.69, 9.17) is 4.74 Å². The summed E-state index contributed by atoms with van der Waals surface area (Å²) in [6.07, 6.45) is 0.184. The minimum absolute atomic E-state index is 0.0565. The Hall–Kier alpha value is -2.24. The first-order valence-corrected chi connectivity index (χ1v) is 8.48. The molecular weight excluding hydrogens is 321 g/mol. The molecule has 2 atom stereocenters. The fraction of sp³-hybridized carbons (Fsp3) is 0.350. The maximum atomic E-state index is 13.1. The molecule has 0 spiro atoms. The number of hydrogen-bond acceptors (Lipinski definition) is 3. The van der Waals surface area contributed by atoms with E-state index in [1.807, 2.05) is 30.3 Å². The Labute approximate surface area is 146 Å². The summed E-state index contributed by atoms with van der Waals surface area (Å²) < 4.78 is 18.7. The fourth-order valence-corrected chi connectivity index (χ4v) is 3.16. The first-order chi connectivity index (χ1) is 12.1. The molecule has 3 rings (SSSR count). The van der Waals surface area contributed by atoms with E-state index in [9.17, 15) is 14.3 Å². The summed E-state index contributed by atoms with van der Waals surface area (Å²) in [5.41, 5.74) is 1.91. The maximum Gasteiger partial charge on any atom is 0.225 e. The largest absolute Gasteiger partial charge is 0.391 e. The van der Waals surface area contributed by atoms with Gasteiger partial charge in [0.1, 0.15) is 5.82 Å². The summed E-state index contributed by atoms with van der Waals surface area (Å²) in [7, 11) is 0. The van der Waals surface area contributed by atoms with Gasteiger partial charge >= 0.3 is 0 Å². The van der Waals surface area contributed by atoms with Gasteiger partial charge in [0.25, 0.3) is 0 Å². The van der Waals surface area contributed by atoms with Gasteiger partial charge in [-0.25, -0.2) is 4.39 Å². The van der Waals surface area contributed by atoms with Gasteiger partial charge < -0.3 is 14.7 Å². The van der Waals surface area contributed by atoms with E-state index in [2.05, 4.69) is 0 Å². The zero-order valence-corrected chi connectivity index (χ0v) is 14.0. The number of benzene rings is 2. The van der Waals surface area contributed by atoms with E-state index in [-0.39, 0.29) is 24.2 Å². The summed E-state index contributed by atoms with van der Waals surface area (Å²) in [5, 5.41) is 9.96. The number of aliphatic hydroxyl groups is 1. The van der Waals surface area contributed by atoms with Crippen LogP contribution in [0.25, 0.3) is 0 Å². The van der Waals surface area contributed by atoms with Gasteiger partial charge in [-0.05, 0) is 29.7 Å². The standard InChI is InChI=1S/C20H22FNO3/c21-17-8-6-16(7-9-17)19-12-18(23)13-22(19)20(24)10-11-25-14-15-4-2-1-3-5-15/h1-9,18-19,23H,10-14H2/t18-,19-/m0/s1. The fourth-order valence-electron chi connectivity index (χ4n) is 3.16. The first-order valence-electron chi connectivity index (χ1n) is 8.48. The molecule has 1 aliphatic rings. The molecule has 0 bridgehead atoms. The zero-order chi connectivity index (χ0) is 17.6. The summed E-state index contributed by atoms with van der Waals surface area (Å²) in [4.78, 5) is 14.2. The van der Waals surface area contributed by atoms with Crippen molar-refractivity contribution in [2.45, 2.75) is 31.6 Å². The molecule has 1 saturated heterocycles. The topological polar surface area (TPSA) is 49.8 Å². The van der Waals surface area contributed by atoms with Gasteiger partial charge in [-0.15, -0.1) is 0 Å². The molecule has 2 aromatic rings. The summed E-state index contributed by atoms with van der Waals surface area (Å²) >= 11 is 0. The second-order valence-electron chi connectivity index (χ2n) is 6.29. The van der Waals surface area contributed by atoms with Crippen molar-refractivity contribution in [1.29, 1.82) is 0 Å². The lowest BCUT2D eigenvalue weighted by Gasteiger charge is -2.25. The zero-order valence-electron chi connectivity index (χ0n) is 14.0. The number of aliphatic hydroxyl groups excluding tert-OH is 1. The molecule has 0 saturated carbocycles. The van der Waals surface area contributed by atoms with Crippen LogP contribution < -0.4 is 0 Å². The third-order valence-electron chi connectivity index (χ3n) is 4.43. The third-order valence-corrected chi connectivity index (χ3v) is 4.43. The lowest BCUT2D eigenvalue weighted by molar-refractivity contribution is -0.133. The van der Waals surface area contributed by atoms with Crippen LogP contribution >= 0.6 is 0 Å². The van der Waals surface area contributed by atoms with E-state index in [0.717, 1.165) is 11.1 Å². The predicted octanol–water partition coefficient (Wildman–Crippen LogP) is 3.07. The highest BCUT2D eigenvalue weighted by Gasteiger charge is 2.34. The summed E-state index contributed by atoms with van der Waals surface area (Å²) in [5.74, 6) is -0.367. The number of amides is 1. The highest BCUT2D eigenvalue weighted by Crippen LogP contribution is 2.32. The molecule has 5 heteroatoms. The van der Waals surface area contributed by atoms with Crippen LogP contribution in [-0.4, -0.2) is 35.2 Å². The molecule has 4 nitrogen and oxygen atoms in total. The number of carbonyl (C=O) groups is 1. The first kappa shape index (κ1) is 17.6. The molecule has 1 aliphatic heterocycles. The number of ether oxygens (including phenoxy) is 1. The smallest absolute Gasteiger partial charge is 0.225 e. The van der Waals surface area contributed by atoms with Crippen LogP contribution in [0.3, 0.4) is 0 Å². The van der Waals surface area contributed by atoms with E-state index >= 15 is 0 Å². The van der Waals surface area contributed by atoms with E-state index < -0.39 is 6.10 Å². The van der Waals surface area contributed by atoms with Gasteiger partial charge in [-0.1, -0.05) is 42.5 Å². The Kier molecular flexibility index (Phi) is 5.79. The van der Waals surface area contributed by atoms with Crippen LogP contribution in [-0.2, 0) is 16.1 Å². The second kappa shape index (κ2) is 8.23. The quantitative estimate of drug-likeness (QED) is 0.820. The Morgan fingerprint density at radius 3 is 2.60 bits per heavy atom. The number of likely N-dealkylation sites (tertiary alicyclic amines) is 1. The number of β-amino-alcohol motifs (C(OH)–C–C–N with tert-alkyl or cyclic N) is 1. The number of rotatable bonds is 6. The lowest BCUT2D eigenvalue weighted by atomic mass is 10.0. The highest BCUT2D eigenvalue weighted by atomic mass is 19.1. The number of nitrogens with zero attached hydrogens (tertiary/aromatic N) is 1. The Morgan fingerprint density at radius 2 is 1.88 bits per heavy atom. The molecule has 1 fully saturated rings. The third kappa shape index (κ3) is 4.65. The number of halogens is 1. The predicted molar refractivity (Wildman–Crippen MR) is 92.2 cm³/mol. The van der Waals surface area contributed by atoms with Crippen molar-refractivity contribution in [3.05, 3.63) is 71.5 Å². The SMILES string of the molecule is O=C(CCOCc1ccccc1)N1C[C@@H](O)C[C@H]1c1ccc(F)cc1. The highest BCUT2D eigenvalue weighted by molar-refractivity contribution is 5.77. The molecule has 2 aromatic carbocycles. The minimum Gasteiger partial charge on any atom is -0.391 e.